The van der Waals surface area contributed by atoms with Crippen molar-refractivity contribution < 1.29 is 4.79 Å². The minimum Gasteiger partial charge on any atom is -0.361 e. The molecule has 1 amide bonds. The van der Waals surface area contributed by atoms with Crippen LogP contribution in [0.1, 0.15) is 55.5 Å². The summed E-state index contributed by atoms with van der Waals surface area (Å²) in [5, 5.41) is 1.65. The van der Waals surface area contributed by atoms with Crippen LogP contribution < -0.4 is 4.90 Å². The molecule has 0 saturated heterocycles. The van der Waals surface area contributed by atoms with Gasteiger partial charge in [0.25, 0.3) is 5.91 Å². The lowest BCUT2D eigenvalue weighted by Crippen LogP contribution is -2.30. The monoisotopic (exact) mass is 449 g/mol. The Morgan fingerprint density at radius 2 is 2.00 bits per heavy atom. The van der Waals surface area contributed by atoms with Crippen molar-refractivity contribution in [3.05, 3.63) is 70.9 Å². The highest BCUT2D eigenvalue weighted by atomic mass is 35.5. The Morgan fingerprint density at radius 3 is 2.72 bits per heavy atom. The first-order valence-electron chi connectivity index (χ1n) is 11.7. The van der Waals surface area contributed by atoms with E-state index in [2.05, 4.69) is 41.2 Å². The summed E-state index contributed by atoms with van der Waals surface area (Å²) < 4.78 is 0. The zero-order valence-electron chi connectivity index (χ0n) is 19.0. The van der Waals surface area contributed by atoms with Crippen LogP contribution in [-0.4, -0.2) is 42.0 Å². The quantitative estimate of drug-likeness (QED) is 0.385. The van der Waals surface area contributed by atoms with Crippen molar-refractivity contribution >= 4 is 39.7 Å². The number of anilines is 1. The lowest BCUT2D eigenvalue weighted by molar-refractivity contribution is 0.0988. The van der Waals surface area contributed by atoms with E-state index >= 15 is 0 Å². The Morgan fingerprint density at radius 1 is 1.16 bits per heavy atom. The second-order valence-electron chi connectivity index (χ2n) is 8.45. The van der Waals surface area contributed by atoms with Crippen molar-refractivity contribution in [1.29, 1.82) is 0 Å². The van der Waals surface area contributed by atoms with Crippen LogP contribution in [0.2, 0.25) is 5.02 Å². The van der Waals surface area contributed by atoms with Crippen LogP contribution in [-0.2, 0) is 0 Å². The van der Waals surface area contributed by atoms with Crippen LogP contribution in [0.4, 0.5) is 5.69 Å². The van der Waals surface area contributed by atoms with Gasteiger partial charge in [0.15, 0.2) is 0 Å². The summed E-state index contributed by atoms with van der Waals surface area (Å²) in [7, 11) is 0. The van der Waals surface area contributed by atoms with Crippen LogP contribution in [0.25, 0.3) is 16.5 Å². The van der Waals surface area contributed by atoms with E-state index in [4.69, 9.17) is 11.6 Å². The zero-order valence-corrected chi connectivity index (χ0v) is 19.8. The molecule has 0 saturated carbocycles. The summed E-state index contributed by atoms with van der Waals surface area (Å²) in [5.74, 6) is -0.0749. The minimum absolute atomic E-state index is 0.0749. The molecule has 0 atom stereocenters. The van der Waals surface area contributed by atoms with Crippen molar-refractivity contribution in [1.82, 2.24) is 9.88 Å². The smallest absolute Gasteiger partial charge is 0.259 e. The fourth-order valence-corrected chi connectivity index (χ4v) is 4.73. The fourth-order valence-electron chi connectivity index (χ4n) is 4.51. The van der Waals surface area contributed by atoms with Crippen LogP contribution in [0.3, 0.4) is 0 Å². The number of unbranched alkanes of at least 4 members (excludes halogenated alkanes) is 2. The fraction of sp³-hybridized carbons (Fsp3) is 0.370. The summed E-state index contributed by atoms with van der Waals surface area (Å²) >= 11 is 6.30. The standard InChI is InChI=1S/C27H32ClN3O/c1-3-5-8-15-30-16-13-20(14-17-30)24-19-29-26-12-11-21(18-23(24)26)31(4-2)27(32)22-9-6-7-10-25(22)28/h6-7,9-13,18-19,29H,3-5,8,14-17H2,1-2H3. The van der Waals surface area contributed by atoms with Crippen molar-refractivity contribution in [2.45, 2.75) is 39.5 Å². The number of nitrogens with one attached hydrogen (secondary N) is 1. The second kappa shape index (κ2) is 10.4. The van der Waals surface area contributed by atoms with E-state index in [0.717, 1.165) is 30.7 Å². The Kier molecular flexibility index (Phi) is 7.33. The normalized spacial score (nSPS) is 14.5. The maximum Gasteiger partial charge on any atom is 0.259 e. The number of H-pyrrole nitrogens is 1. The second-order valence-corrected chi connectivity index (χ2v) is 8.86. The summed E-state index contributed by atoms with van der Waals surface area (Å²) in [6, 6.07) is 13.4. The third-order valence-electron chi connectivity index (χ3n) is 6.36. The van der Waals surface area contributed by atoms with Gasteiger partial charge in [-0.1, -0.05) is 49.6 Å². The van der Waals surface area contributed by atoms with Crippen LogP contribution in [0.15, 0.2) is 54.7 Å². The van der Waals surface area contributed by atoms with Gasteiger partial charge >= 0.3 is 0 Å². The number of benzene rings is 2. The van der Waals surface area contributed by atoms with E-state index in [1.165, 1.54) is 42.3 Å². The molecule has 0 radical (unpaired) electrons. The summed E-state index contributed by atoms with van der Waals surface area (Å²) in [6.45, 7) is 8.12. The molecule has 0 bridgehead atoms. The molecule has 1 aliphatic heterocycles. The molecule has 32 heavy (non-hydrogen) atoms. The molecule has 0 unspecified atom stereocenters. The molecule has 5 heteroatoms. The van der Waals surface area contributed by atoms with E-state index in [1.54, 1.807) is 17.0 Å². The van der Waals surface area contributed by atoms with E-state index in [-0.39, 0.29) is 5.91 Å². The number of carbonyl (C=O) groups excluding carboxylic acids is 1. The van der Waals surface area contributed by atoms with Gasteiger partial charge < -0.3 is 9.88 Å². The van der Waals surface area contributed by atoms with E-state index in [0.29, 0.717) is 17.1 Å². The number of carbonyl (C=O) groups is 1. The molecule has 4 rings (SSSR count). The first-order valence-corrected chi connectivity index (χ1v) is 12.1. The van der Waals surface area contributed by atoms with Crippen molar-refractivity contribution in [3.63, 3.8) is 0 Å². The number of aromatic amines is 1. The molecule has 1 aliphatic rings. The van der Waals surface area contributed by atoms with Crippen molar-refractivity contribution in [3.8, 4) is 0 Å². The number of fused-ring (bicyclic) bond motifs is 1. The predicted octanol–water partition coefficient (Wildman–Crippen LogP) is 6.77. The molecule has 2 aromatic carbocycles. The highest BCUT2D eigenvalue weighted by Gasteiger charge is 2.20. The summed E-state index contributed by atoms with van der Waals surface area (Å²) in [5.41, 5.74) is 5.15. The third kappa shape index (κ3) is 4.77. The maximum absolute atomic E-state index is 13.2. The van der Waals surface area contributed by atoms with Crippen molar-refractivity contribution in [2.24, 2.45) is 0 Å². The molecule has 168 valence electrons. The van der Waals surface area contributed by atoms with E-state index < -0.39 is 0 Å². The SMILES string of the molecule is CCCCCN1CC=C(c2c[nH]c3ccc(N(CC)C(=O)c4ccccc4Cl)cc23)CC1. The van der Waals surface area contributed by atoms with Crippen LogP contribution in [0.5, 0.6) is 0 Å². The lowest BCUT2D eigenvalue weighted by Gasteiger charge is -2.26. The molecule has 0 aliphatic carbocycles. The average Bonchev–Trinajstić information content (AvgIpc) is 3.24. The number of aromatic nitrogens is 1. The number of rotatable bonds is 8. The molecule has 1 N–H and O–H groups in total. The number of amides is 1. The van der Waals surface area contributed by atoms with Gasteiger partial charge in [0.05, 0.1) is 10.6 Å². The van der Waals surface area contributed by atoms with Gasteiger partial charge in [-0.05, 0) is 62.2 Å². The van der Waals surface area contributed by atoms with Gasteiger partial charge in [-0.2, -0.15) is 0 Å². The predicted molar refractivity (Wildman–Crippen MR) is 136 cm³/mol. The Balaban J connectivity index is 1.59. The number of nitrogens with zero attached hydrogens (tertiary/aromatic N) is 2. The van der Waals surface area contributed by atoms with Gasteiger partial charge in [0.2, 0.25) is 0 Å². The number of hydrogen-bond donors (Lipinski definition) is 1. The molecule has 0 spiro atoms. The van der Waals surface area contributed by atoms with Gasteiger partial charge in [0, 0.05) is 48.0 Å². The number of halogens is 1. The molecule has 1 aromatic heterocycles. The maximum atomic E-state index is 13.2. The van der Waals surface area contributed by atoms with Gasteiger partial charge in [-0.25, -0.2) is 0 Å². The highest BCUT2D eigenvalue weighted by Crippen LogP contribution is 2.32. The molecule has 2 heterocycles. The zero-order chi connectivity index (χ0) is 22.5. The first kappa shape index (κ1) is 22.6. The highest BCUT2D eigenvalue weighted by molar-refractivity contribution is 6.34. The minimum atomic E-state index is -0.0749. The lowest BCUT2D eigenvalue weighted by atomic mass is 9.98. The summed E-state index contributed by atoms with van der Waals surface area (Å²) in [6.07, 6.45) is 9.39. The van der Waals surface area contributed by atoms with Gasteiger partial charge in [-0.3, -0.25) is 9.69 Å². The average molecular weight is 450 g/mol. The van der Waals surface area contributed by atoms with Gasteiger partial charge in [0.1, 0.15) is 0 Å². The third-order valence-corrected chi connectivity index (χ3v) is 6.69. The Labute approximate surface area is 195 Å². The Hall–Kier alpha value is -2.56. The Bertz CT molecular complexity index is 1120. The van der Waals surface area contributed by atoms with Crippen LogP contribution in [0, 0.1) is 0 Å². The van der Waals surface area contributed by atoms with Crippen LogP contribution >= 0.6 is 11.6 Å². The molecule has 3 aromatic rings. The largest absolute Gasteiger partial charge is 0.361 e. The molecule has 4 nitrogen and oxygen atoms in total. The van der Waals surface area contributed by atoms with Crippen molar-refractivity contribution in [2.75, 3.05) is 31.1 Å². The van der Waals surface area contributed by atoms with E-state index in [9.17, 15) is 4.79 Å². The number of hydrogen-bond acceptors (Lipinski definition) is 2. The van der Waals surface area contributed by atoms with E-state index in [1.807, 2.05) is 25.1 Å². The molecule has 0 fully saturated rings. The first-order chi connectivity index (χ1) is 15.6. The molecular formula is C27H32ClN3O. The molecular weight excluding hydrogens is 418 g/mol. The topological polar surface area (TPSA) is 39.3 Å². The summed E-state index contributed by atoms with van der Waals surface area (Å²) in [4.78, 5) is 21.0. The van der Waals surface area contributed by atoms with Gasteiger partial charge in [-0.15, -0.1) is 0 Å².